The van der Waals surface area contributed by atoms with Crippen molar-refractivity contribution in [3.8, 4) is 0 Å². The highest BCUT2D eigenvalue weighted by Gasteiger charge is 2.40. The molecule has 32 heavy (non-hydrogen) atoms. The van der Waals surface area contributed by atoms with Gasteiger partial charge < -0.3 is 0 Å². The van der Waals surface area contributed by atoms with Crippen LogP contribution in [0.4, 0.5) is 0 Å². The minimum atomic E-state index is -0.100. The summed E-state index contributed by atoms with van der Waals surface area (Å²) in [4.78, 5) is 0. The summed E-state index contributed by atoms with van der Waals surface area (Å²) in [5.41, 5.74) is 6.66. The number of benzene rings is 4. The molecule has 4 aromatic carbocycles. The van der Waals surface area contributed by atoms with Gasteiger partial charge >= 0.3 is 0 Å². The first-order valence-corrected chi connectivity index (χ1v) is 11.5. The number of hydrogen-bond acceptors (Lipinski definition) is 0. The third kappa shape index (κ3) is 4.09. The van der Waals surface area contributed by atoms with Gasteiger partial charge in [0, 0.05) is 11.3 Å². The number of rotatable bonds is 5. The largest absolute Gasteiger partial charge is 0.0724 e. The fraction of sp³-hybridized carbons (Fsp3) is 0.125. The van der Waals surface area contributed by atoms with Crippen molar-refractivity contribution in [3.05, 3.63) is 156 Å². The molecule has 156 valence electrons. The van der Waals surface area contributed by atoms with Crippen molar-refractivity contribution in [2.45, 2.75) is 24.2 Å². The molecular formula is C32H28. The van der Waals surface area contributed by atoms with Crippen LogP contribution in [0, 0.1) is 0 Å². The standard InChI is InChI=1S/C32H28/c1-5-13-26(14-6-1)21-23-32(30-19-11-4-12-20-30)24-22-29(27-15-7-2-8-16-27)25-31(32)28-17-9-3-10-18-28/h1-21,23,25,31H,22,24H2/b23-21-. The van der Waals surface area contributed by atoms with Gasteiger partial charge in [0.15, 0.2) is 0 Å². The molecule has 1 aliphatic carbocycles. The lowest BCUT2D eigenvalue weighted by atomic mass is 9.61. The molecule has 0 bridgehead atoms. The van der Waals surface area contributed by atoms with Crippen LogP contribution in [0.1, 0.15) is 41.0 Å². The van der Waals surface area contributed by atoms with Gasteiger partial charge in [-0.25, -0.2) is 0 Å². The van der Waals surface area contributed by atoms with E-state index >= 15 is 0 Å². The summed E-state index contributed by atoms with van der Waals surface area (Å²) in [6.45, 7) is 0. The summed E-state index contributed by atoms with van der Waals surface area (Å²) < 4.78 is 0. The maximum absolute atomic E-state index is 2.52. The monoisotopic (exact) mass is 412 g/mol. The first-order chi connectivity index (χ1) is 15.9. The summed E-state index contributed by atoms with van der Waals surface area (Å²) in [7, 11) is 0. The average molecular weight is 413 g/mol. The molecule has 0 N–H and O–H groups in total. The summed E-state index contributed by atoms with van der Waals surface area (Å²) in [6, 6.07) is 43.6. The maximum Gasteiger partial charge on any atom is 0.0242 e. The molecule has 0 radical (unpaired) electrons. The quantitative estimate of drug-likeness (QED) is 0.309. The van der Waals surface area contributed by atoms with E-state index in [-0.39, 0.29) is 11.3 Å². The SMILES string of the molecule is C1=C(c2ccccc2)CCC(/C=C\c2ccccc2)(c2ccccc2)C1c1ccccc1. The Morgan fingerprint density at radius 2 is 1.19 bits per heavy atom. The normalized spacial score (nSPS) is 20.8. The van der Waals surface area contributed by atoms with Gasteiger partial charge in [-0.3, -0.25) is 0 Å². The second-order valence-electron chi connectivity index (χ2n) is 8.60. The van der Waals surface area contributed by atoms with E-state index in [9.17, 15) is 0 Å². The Bertz CT molecular complexity index is 1190. The third-order valence-electron chi connectivity index (χ3n) is 6.72. The molecule has 0 saturated heterocycles. The molecule has 0 nitrogen and oxygen atoms in total. The second kappa shape index (κ2) is 9.24. The molecule has 0 aliphatic heterocycles. The Morgan fingerprint density at radius 1 is 0.625 bits per heavy atom. The van der Waals surface area contributed by atoms with Crippen LogP contribution in [0.3, 0.4) is 0 Å². The molecule has 0 amide bonds. The maximum atomic E-state index is 2.52. The Kier molecular flexibility index (Phi) is 5.85. The van der Waals surface area contributed by atoms with Crippen molar-refractivity contribution in [1.29, 1.82) is 0 Å². The van der Waals surface area contributed by atoms with Crippen LogP contribution < -0.4 is 0 Å². The molecule has 2 atom stereocenters. The van der Waals surface area contributed by atoms with Gasteiger partial charge in [-0.15, -0.1) is 0 Å². The zero-order valence-corrected chi connectivity index (χ0v) is 18.3. The van der Waals surface area contributed by atoms with Crippen LogP contribution in [-0.4, -0.2) is 0 Å². The molecular weight excluding hydrogens is 384 g/mol. The van der Waals surface area contributed by atoms with Gasteiger partial charge in [0.1, 0.15) is 0 Å². The van der Waals surface area contributed by atoms with E-state index in [1.54, 1.807) is 0 Å². The lowest BCUT2D eigenvalue weighted by Gasteiger charge is -2.42. The fourth-order valence-corrected chi connectivity index (χ4v) is 5.04. The van der Waals surface area contributed by atoms with Gasteiger partial charge in [0.2, 0.25) is 0 Å². The van der Waals surface area contributed by atoms with Crippen LogP contribution in [0.5, 0.6) is 0 Å². The second-order valence-corrected chi connectivity index (χ2v) is 8.60. The lowest BCUT2D eigenvalue weighted by molar-refractivity contribution is 0.436. The van der Waals surface area contributed by atoms with Crippen molar-refractivity contribution >= 4 is 11.6 Å². The van der Waals surface area contributed by atoms with Crippen molar-refractivity contribution in [3.63, 3.8) is 0 Å². The van der Waals surface area contributed by atoms with Gasteiger partial charge in [0.05, 0.1) is 0 Å². The van der Waals surface area contributed by atoms with E-state index < -0.39 is 0 Å². The van der Waals surface area contributed by atoms with Crippen molar-refractivity contribution in [2.75, 3.05) is 0 Å². The number of allylic oxidation sites excluding steroid dienone is 3. The molecule has 1 aliphatic rings. The molecule has 0 fully saturated rings. The molecule has 0 heteroatoms. The predicted molar refractivity (Wildman–Crippen MR) is 136 cm³/mol. The molecule has 4 aromatic rings. The minimum Gasteiger partial charge on any atom is -0.0724 e. The van der Waals surface area contributed by atoms with E-state index in [1.807, 2.05) is 0 Å². The Balaban J connectivity index is 1.69. The summed E-state index contributed by atoms with van der Waals surface area (Å²) in [5.74, 6) is 0.259. The van der Waals surface area contributed by atoms with Crippen molar-refractivity contribution < 1.29 is 0 Å². The van der Waals surface area contributed by atoms with E-state index in [2.05, 4.69) is 140 Å². The van der Waals surface area contributed by atoms with Crippen LogP contribution in [0.25, 0.3) is 11.6 Å². The highest BCUT2D eigenvalue weighted by Crippen LogP contribution is 2.51. The summed E-state index contributed by atoms with van der Waals surface area (Å²) >= 11 is 0. The van der Waals surface area contributed by atoms with Crippen LogP contribution in [0.2, 0.25) is 0 Å². The molecule has 5 rings (SSSR count). The van der Waals surface area contributed by atoms with E-state index in [1.165, 1.54) is 27.8 Å². The van der Waals surface area contributed by atoms with Gasteiger partial charge in [0.25, 0.3) is 0 Å². The topological polar surface area (TPSA) is 0 Å². The molecule has 2 unspecified atom stereocenters. The molecule has 0 saturated carbocycles. The van der Waals surface area contributed by atoms with Crippen LogP contribution in [0.15, 0.2) is 133 Å². The minimum absolute atomic E-state index is 0.100. The zero-order chi connectivity index (χ0) is 21.6. The van der Waals surface area contributed by atoms with Gasteiger partial charge in [-0.2, -0.15) is 0 Å². The van der Waals surface area contributed by atoms with Crippen molar-refractivity contribution in [1.82, 2.24) is 0 Å². The van der Waals surface area contributed by atoms with Gasteiger partial charge in [-0.1, -0.05) is 140 Å². The van der Waals surface area contributed by atoms with Gasteiger partial charge in [-0.05, 0) is 40.7 Å². The van der Waals surface area contributed by atoms with Crippen molar-refractivity contribution in [2.24, 2.45) is 0 Å². The average Bonchev–Trinajstić information content (AvgIpc) is 2.89. The third-order valence-corrected chi connectivity index (χ3v) is 6.72. The fourth-order valence-electron chi connectivity index (χ4n) is 5.04. The van der Waals surface area contributed by atoms with E-state index in [4.69, 9.17) is 0 Å². The predicted octanol–water partition coefficient (Wildman–Crippen LogP) is 8.30. The zero-order valence-electron chi connectivity index (χ0n) is 18.3. The lowest BCUT2D eigenvalue weighted by Crippen LogP contribution is -2.33. The van der Waals surface area contributed by atoms with Crippen LogP contribution >= 0.6 is 0 Å². The Morgan fingerprint density at radius 3 is 1.84 bits per heavy atom. The van der Waals surface area contributed by atoms with E-state index in [0.29, 0.717) is 0 Å². The van der Waals surface area contributed by atoms with Crippen LogP contribution in [-0.2, 0) is 5.41 Å². The highest BCUT2D eigenvalue weighted by molar-refractivity contribution is 5.70. The smallest absolute Gasteiger partial charge is 0.0242 e. The summed E-state index contributed by atoms with van der Waals surface area (Å²) in [6.07, 6.45) is 9.43. The molecule has 0 aromatic heterocycles. The first-order valence-electron chi connectivity index (χ1n) is 11.5. The summed E-state index contributed by atoms with van der Waals surface area (Å²) in [5, 5.41) is 0. The Hall–Kier alpha value is -3.64. The number of hydrogen-bond donors (Lipinski definition) is 0. The first kappa shape index (κ1) is 20.3. The Labute approximate surface area is 191 Å². The molecule has 0 heterocycles. The highest BCUT2D eigenvalue weighted by atomic mass is 14.4. The molecule has 0 spiro atoms. The van der Waals surface area contributed by atoms with E-state index in [0.717, 1.165) is 12.8 Å².